The summed E-state index contributed by atoms with van der Waals surface area (Å²) in [5, 5.41) is 11.0. The zero-order valence-corrected chi connectivity index (χ0v) is 11.1. The van der Waals surface area contributed by atoms with Crippen LogP contribution in [0.4, 0.5) is 14.5 Å². The average Bonchev–Trinajstić information content (AvgIpc) is 2.37. The third kappa shape index (κ3) is 3.17. The van der Waals surface area contributed by atoms with Crippen molar-refractivity contribution in [2.24, 2.45) is 0 Å². The first-order chi connectivity index (χ1) is 9.90. The molecule has 2 rings (SSSR count). The normalized spacial score (nSPS) is 10.2. The first-order valence-electron chi connectivity index (χ1n) is 5.68. The Morgan fingerprint density at radius 1 is 1.10 bits per heavy atom. The molecule has 2 N–H and O–H groups in total. The lowest BCUT2D eigenvalue weighted by molar-refractivity contribution is 0.0697. The van der Waals surface area contributed by atoms with Crippen molar-refractivity contribution in [3.8, 4) is 0 Å². The van der Waals surface area contributed by atoms with Crippen molar-refractivity contribution < 1.29 is 23.5 Å². The van der Waals surface area contributed by atoms with Crippen LogP contribution in [0.5, 0.6) is 0 Å². The van der Waals surface area contributed by atoms with E-state index in [4.69, 9.17) is 16.7 Å². The van der Waals surface area contributed by atoms with Crippen molar-refractivity contribution in [3.05, 3.63) is 64.2 Å². The fourth-order valence-electron chi connectivity index (χ4n) is 1.67. The van der Waals surface area contributed by atoms with E-state index in [9.17, 15) is 18.4 Å². The second kappa shape index (κ2) is 5.88. The van der Waals surface area contributed by atoms with Gasteiger partial charge in [0.1, 0.15) is 17.2 Å². The van der Waals surface area contributed by atoms with Crippen LogP contribution in [-0.2, 0) is 0 Å². The van der Waals surface area contributed by atoms with Gasteiger partial charge in [-0.25, -0.2) is 13.6 Å². The molecule has 0 atom stereocenters. The van der Waals surface area contributed by atoms with E-state index in [1.54, 1.807) is 0 Å². The summed E-state index contributed by atoms with van der Waals surface area (Å²) in [6.07, 6.45) is 0. The summed E-state index contributed by atoms with van der Waals surface area (Å²) in [6, 6.07) is 6.68. The minimum Gasteiger partial charge on any atom is -0.478 e. The highest BCUT2D eigenvalue weighted by molar-refractivity contribution is 6.33. The largest absolute Gasteiger partial charge is 0.478 e. The first-order valence-corrected chi connectivity index (χ1v) is 6.06. The summed E-state index contributed by atoms with van der Waals surface area (Å²) in [4.78, 5) is 22.6. The Bertz CT molecular complexity index is 714. The monoisotopic (exact) mass is 311 g/mol. The van der Waals surface area contributed by atoms with Gasteiger partial charge in [0.05, 0.1) is 10.6 Å². The number of carbonyl (C=O) groups excluding carboxylic acids is 1. The van der Waals surface area contributed by atoms with Gasteiger partial charge >= 0.3 is 5.97 Å². The summed E-state index contributed by atoms with van der Waals surface area (Å²) < 4.78 is 26.9. The van der Waals surface area contributed by atoms with Gasteiger partial charge in [0.2, 0.25) is 0 Å². The average molecular weight is 312 g/mol. The lowest BCUT2D eigenvalue weighted by Gasteiger charge is -2.08. The molecule has 21 heavy (non-hydrogen) atoms. The van der Waals surface area contributed by atoms with E-state index in [0.717, 1.165) is 18.2 Å². The van der Waals surface area contributed by atoms with Crippen LogP contribution in [0.25, 0.3) is 0 Å². The number of hydrogen-bond acceptors (Lipinski definition) is 2. The summed E-state index contributed by atoms with van der Waals surface area (Å²) in [5.74, 6) is -4.22. The molecule has 0 saturated heterocycles. The molecule has 0 aliphatic heterocycles. The predicted octanol–water partition coefficient (Wildman–Crippen LogP) is 3.57. The quantitative estimate of drug-likeness (QED) is 0.910. The molecule has 0 saturated carbocycles. The van der Waals surface area contributed by atoms with Crippen LogP contribution in [0, 0.1) is 11.6 Å². The van der Waals surface area contributed by atoms with Crippen LogP contribution in [0.15, 0.2) is 36.4 Å². The maximum absolute atomic E-state index is 13.4. The van der Waals surface area contributed by atoms with Crippen LogP contribution >= 0.6 is 11.6 Å². The third-order valence-corrected chi connectivity index (χ3v) is 2.96. The molecule has 0 radical (unpaired) electrons. The molecule has 0 heterocycles. The molecule has 0 fully saturated rings. The number of benzene rings is 2. The standard InChI is InChI=1S/C14H8ClF2NO3/c15-9-6-7(4-5-8(9)14(20)21)18-13(19)12-10(16)2-1-3-11(12)17/h1-6H,(H,18,19)(H,20,21). The van der Waals surface area contributed by atoms with Gasteiger partial charge in [0.15, 0.2) is 0 Å². The molecule has 7 heteroatoms. The molecule has 2 aromatic carbocycles. The maximum Gasteiger partial charge on any atom is 0.337 e. The van der Waals surface area contributed by atoms with Crippen LogP contribution in [0.2, 0.25) is 5.02 Å². The Balaban J connectivity index is 2.28. The number of anilines is 1. The summed E-state index contributed by atoms with van der Waals surface area (Å²) in [7, 11) is 0. The van der Waals surface area contributed by atoms with Crippen molar-refractivity contribution in [2.75, 3.05) is 5.32 Å². The van der Waals surface area contributed by atoms with Crippen molar-refractivity contribution in [1.29, 1.82) is 0 Å². The van der Waals surface area contributed by atoms with Crippen molar-refractivity contribution in [2.45, 2.75) is 0 Å². The third-order valence-electron chi connectivity index (χ3n) is 2.65. The number of nitrogens with one attached hydrogen (secondary N) is 1. The molecule has 0 unspecified atom stereocenters. The van der Waals surface area contributed by atoms with E-state index in [2.05, 4.69) is 5.32 Å². The lowest BCUT2D eigenvalue weighted by Crippen LogP contribution is -2.16. The highest BCUT2D eigenvalue weighted by Gasteiger charge is 2.18. The summed E-state index contributed by atoms with van der Waals surface area (Å²) >= 11 is 5.74. The number of carboxylic acids is 1. The highest BCUT2D eigenvalue weighted by Crippen LogP contribution is 2.22. The Morgan fingerprint density at radius 2 is 1.71 bits per heavy atom. The smallest absolute Gasteiger partial charge is 0.337 e. The molecule has 1 amide bonds. The Labute approximate surface area is 123 Å². The number of carbonyl (C=O) groups is 2. The number of rotatable bonds is 3. The number of amides is 1. The molecule has 0 spiro atoms. The number of halogens is 3. The number of carboxylic acid groups (broad SMARTS) is 1. The van der Waals surface area contributed by atoms with Gasteiger partial charge < -0.3 is 10.4 Å². The fraction of sp³-hybridized carbons (Fsp3) is 0. The van der Waals surface area contributed by atoms with Gasteiger partial charge in [0.25, 0.3) is 5.91 Å². The van der Waals surface area contributed by atoms with E-state index in [1.165, 1.54) is 18.2 Å². The maximum atomic E-state index is 13.4. The number of hydrogen-bond donors (Lipinski definition) is 2. The molecule has 0 aliphatic carbocycles. The lowest BCUT2D eigenvalue weighted by atomic mass is 10.1. The van der Waals surface area contributed by atoms with Gasteiger partial charge in [-0.05, 0) is 30.3 Å². The Kier molecular flexibility index (Phi) is 4.18. The topological polar surface area (TPSA) is 66.4 Å². The van der Waals surface area contributed by atoms with Crippen LogP contribution in [-0.4, -0.2) is 17.0 Å². The Hall–Kier alpha value is -2.47. The van der Waals surface area contributed by atoms with Gasteiger partial charge in [-0.15, -0.1) is 0 Å². The molecule has 4 nitrogen and oxygen atoms in total. The fourth-order valence-corrected chi connectivity index (χ4v) is 1.94. The van der Waals surface area contributed by atoms with Crippen LogP contribution in [0.1, 0.15) is 20.7 Å². The van der Waals surface area contributed by atoms with E-state index in [-0.39, 0.29) is 16.3 Å². The van der Waals surface area contributed by atoms with Crippen LogP contribution < -0.4 is 5.32 Å². The highest BCUT2D eigenvalue weighted by atomic mass is 35.5. The van der Waals surface area contributed by atoms with Crippen molar-refractivity contribution in [3.63, 3.8) is 0 Å². The van der Waals surface area contributed by atoms with E-state index in [0.29, 0.717) is 0 Å². The van der Waals surface area contributed by atoms with Gasteiger partial charge in [-0.2, -0.15) is 0 Å². The van der Waals surface area contributed by atoms with E-state index in [1.807, 2.05) is 0 Å². The minimum absolute atomic E-state index is 0.102. The second-order valence-corrected chi connectivity index (χ2v) is 4.46. The predicted molar refractivity (Wildman–Crippen MR) is 72.7 cm³/mol. The van der Waals surface area contributed by atoms with Crippen LogP contribution in [0.3, 0.4) is 0 Å². The molecular formula is C14H8ClF2NO3. The first kappa shape index (κ1) is 14.9. The summed E-state index contributed by atoms with van der Waals surface area (Å²) in [6.45, 7) is 0. The molecule has 108 valence electrons. The zero-order valence-electron chi connectivity index (χ0n) is 10.4. The van der Waals surface area contributed by atoms with Gasteiger partial charge in [-0.3, -0.25) is 4.79 Å². The SMILES string of the molecule is O=C(O)c1ccc(NC(=O)c2c(F)cccc2F)cc1Cl. The molecule has 0 aliphatic rings. The molecule has 2 aromatic rings. The van der Waals surface area contributed by atoms with Gasteiger partial charge in [0, 0.05) is 5.69 Å². The molecule has 0 bridgehead atoms. The Morgan fingerprint density at radius 3 is 2.24 bits per heavy atom. The molecule has 0 aromatic heterocycles. The van der Waals surface area contributed by atoms with Crippen molar-refractivity contribution >= 4 is 29.2 Å². The molecular weight excluding hydrogens is 304 g/mol. The summed E-state index contributed by atoms with van der Waals surface area (Å²) in [5.41, 5.74) is -0.750. The minimum atomic E-state index is -1.22. The van der Waals surface area contributed by atoms with Crippen molar-refractivity contribution in [1.82, 2.24) is 0 Å². The zero-order chi connectivity index (χ0) is 15.6. The van der Waals surface area contributed by atoms with Gasteiger partial charge in [-0.1, -0.05) is 17.7 Å². The number of aromatic carboxylic acids is 1. The second-order valence-electron chi connectivity index (χ2n) is 4.05. The van der Waals surface area contributed by atoms with E-state index >= 15 is 0 Å². The van der Waals surface area contributed by atoms with E-state index < -0.39 is 29.1 Å².